The minimum Gasteiger partial charge on any atom is -0.380 e. The van der Waals surface area contributed by atoms with Crippen LogP contribution in [0.2, 0.25) is 0 Å². The molecule has 3 heteroatoms. The number of hydrogen-bond donors (Lipinski definition) is 1. The van der Waals surface area contributed by atoms with Crippen LogP contribution < -0.4 is 5.32 Å². The summed E-state index contributed by atoms with van der Waals surface area (Å²) in [6.45, 7) is 2.36. The fourth-order valence-corrected chi connectivity index (χ4v) is 2.60. The van der Waals surface area contributed by atoms with E-state index in [1.807, 2.05) is 0 Å². The Bertz CT molecular complexity index is 327. The Hall–Kier alpha value is -0.670. The highest BCUT2D eigenvalue weighted by atomic mass is 32.2. The predicted octanol–water partition coefficient (Wildman–Crippen LogP) is 2.52. The minimum atomic E-state index is 0.614. The lowest BCUT2D eigenvalue weighted by molar-refractivity contribution is 0.414. The standard InChI is InChI=1S/C12H18N2S/c1-14-8-7-10(9-14)13-11-5-3-4-6-12(11)15-2/h3-6,10,13H,7-9H2,1-2H3. The Kier molecular flexibility index (Phi) is 3.54. The van der Waals surface area contributed by atoms with Gasteiger partial charge in [-0.25, -0.2) is 0 Å². The first-order chi connectivity index (χ1) is 7.29. The molecule has 1 aromatic carbocycles. The third-order valence-electron chi connectivity index (χ3n) is 2.86. The van der Waals surface area contributed by atoms with Crippen LogP contribution in [0.25, 0.3) is 0 Å². The summed E-state index contributed by atoms with van der Waals surface area (Å²) in [6, 6.07) is 9.15. The lowest BCUT2D eigenvalue weighted by Crippen LogP contribution is -2.23. The fourth-order valence-electron chi connectivity index (χ4n) is 2.04. The molecule has 0 amide bonds. The molecule has 1 saturated heterocycles. The number of likely N-dealkylation sites (tertiary alicyclic amines) is 1. The van der Waals surface area contributed by atoms with Crippen molar-refractivity contribution in [1.29, 1.82) is 0 Å². The molecule has 1 aliphatic heterocycles. The summed E-state index contributed by atoms with van der Waals surface area (Å²) in [5, 5.41) is 3.63. The molecule has 1 aromatic rings. The van der Waals surface area contributed by atoms with Crippen LogP contribution in [-0.4, -0.2) is 37.3 Å². The van der Waals surface area contributed by atoms with Gasteiger partial charge in [-0.1, -0.05) is 12.1 Å². The summed E-state index contributed by atoms with van der Waals surface area (Å²) in [4.78, 5) is 3.71. The molecule has 0 spiro atoms. The average molecular weight is 222 g/mol. The lowest BCUT2D eigenvalue weighted by Gasteiger charge is -2.16. The van der Waals surface area contributed by atoms with Gasteiger partial charge in [0.05, 0.1) is 0 Å². The molecule has 0 aromatic heterocycles. The van der Waals surface area contributed by atoms with Crippen LogP contribution in [0.4, 0.5) is 5.69 Å². The number of rotatable bonds is 3. The van der Waals surface area contributed by atoms with Crippen molar-refractivity contribution in [1.82, 2.24) is 4.90 Å². The maximum atomic E-state index is 3.63. The van der Waals surface area contributed by atoms with Crippen LogP contribution in [0.5, 0.6) is 0 Å². The molecule has 0 radical (unpaired) electrons. The van der Waals surface area contributed by atoms with Gasteiger partial charge in [0.1, 0.15) is 0 Å². The zero-order valence-electron chi connectivity index (χ0n) is 9.36. The Balaban J connectivity index is 2.04. The number of anilines is 1. The zero-order valence-corrected chi connectivity index (χ0v) is 10.2. The Morgan fingerprint density at radius 1 is 1.40 bits per heavy atom. The van der Waals surface area contributed by atoms with Gasteiger partial charge < -0.3 is 10.2 Å². The van der Waals surface area contributed by atoms with E-state index in [1.165, 1.54) is 23.5 Å². The number of hydrogen-bond acceptors (Lipinski definition) is 3. The van der Waals surface area contributed by atoms with E-state index in [0.29, 0.717) is 6.04 Å². The molecule has 0 bridgehead atoms. The highest BCUT2D eigenvalue weighted by molar-refractivity contribution is 7.98. The van der Waals surface area contributed by atoms with E-state index in [9.17, 15) is 0 Å². The number of thioether (sulfide) groups is 1. The largest absolute Gasteiger partial charge is 0.380 e. The molecule has 1 heterocycles. The Labute approximate surface area is 96.0 Å². The van der Waals surface area contributed by atoms with Crippen LogP contribution in [0.15, 0.2) is 29.2 Å². The van der Waals surface area contributed by atoms with Crippen molar-refractivity contribution in [2.24, 2.45) is 0 Å². The third kappa shape index (κ3) is 2.67. The van der Waals surface area contributed by atoms with E-state index in [0.717, 1.165) is 6.54 Å². The molecule has 0 aliphatic carbocycles. The van der Waals surface area contributed by atoms with Gasteiger partial charge in [-0.2, -0.15) is 0 Å². The van der Waals surface area contributed by atoms with Crippen LogP contribution in [0.1, 0.15) is 6.42 Å². The van der Waals surface area contributed by atoms with Gasteiger partial charge >= 0.3 is 0 Å². The van der Waals surface area contributed by atoms with Crippen molar-refractivity contribution in [3.05, 3.63) is 24.3 Å². The average Bonchev–Trinajstić information content (AvgIpc) is 2.65. The first-order valence-electron chi connectivity index (χ1n) is 5.37. The van der Waals surface area contributed by atoms with Crippen molar-refractivity contribution < 1.29 is 0 Å². The van der Waals surface area contributed by atoms with Gasteiger partial charge in [0.15, 0.2) is 0 Å². The summed E-state index contributed by atoms with van der Waals surface area (Å²) < 4.78 is 0. The van der Waals surface area contributed by atoms with Gasteiger partial charge in [-0.3, -0.25) is 0 Å². The normalized spacial score (nSPS) is 21.9. The molecular formula is C12H18N2S. The first-order valence-corrected chi connectivity index (χ1v) is 6.60. The molecule has 2 nitrogen and oxygen atoms in total. The van der Waals surface area contributed by atoms with Gasteiger partial charge in [0.2, 0.25) is 0 Å². The quantitative estimate of drug-likeness (QED) is 0.791. The molecule has 1 unspecified atom stereocenters. The minimum absolute atomic E-state index is 0.614. The van der Waals surface area contributed by atoms with Gasteiger partial charge in [-0.05, 0) is 38.4 Å². The molecule has 15 heavy (non-hydrogen) atoms. The highest BCUT2D eigenvalue weighted by Crippen LogP contribution is 2.26. The predicted molar refractivity (Wildman–Crippen MR) is 67.7 cm³/mol. The van der Waals surface area contributed by atoms with Gasteiger partial charge in [0, 0.05) is 23.2 Å². The SMILES string of the molecule is CSc1ccccc1NC1CCN(C)C1. The summed E-state index contributed by atoms with van der Waals surface area (Å²) in [6.07, 6.45) is 3.38. The molecule has 2 rings (SSSR count). The van der Waals surface area contributed by atoms with E-state index in [1.54, 1.807) is 11.8 Å². The third-order valence-corrected chi connectivity index (χ3v) is 3.65. The van der Waals surface area contributed by atoms with Crippen molar-refractivity contribution in [3.8, 4) is 0 Å². The molecular weight excluding hydrogens is 204 g/mol. The van der Waals surface area contributed by atoms with Crippen LogP contribution in [-0.2, 0) is 0 Å². The molecule has 1 fully saturated rings. The molecule has 1 atom stereocenters. The summed E-state index contributed by atoms with van der Waals surface area (Å²) in [5.74, 6) is 0. The summed E-state index contributed by atoms with van der Waals surface area (Å²) >= 11 is 1.80. The number of likely N-dealkylation sites (N-methyl/N-ethyl adjacent to an activating group) is 1. The smallest absolute Gasteiger partial charge is 0.0480 e. The number of benzene rings is 1. The van der Waals surface area contributed by atoms with E-state index in [4.69, 9.17) is 0 Å². The lowest BCUT2D eigenvalue weighted by atomic mass is 10.2. The monoisotopic (exact) mass is 222 g/mol. The Morgan fingerprint density at radius 2 is 2.20 bits per heavy atom. The maximum absolute atomic E-state index is 3.63. The second-order valence-electron chi connectivity index (χ2n) is 4.09. The number of nitrogens with one attached hydrogen (secondary N) is 1. The maximum Gasteiger partial charge on any atom is 0.0480 e. The molecule has 1 N–H and O–H groups in total. The van der Waals surface area contributed by atoms with Gasteiger partial charge in [-0.15, -0.1) is 11.8 Å². The summed E-state index contributed by atoms with van der Waals surface area (Å²) in [5.41, 5.74) is 1.28. The van der Waals surface area contributed by atoms with Crippen molar-refractivity contribution >= 4 is 17.4 Å². The van der Waals surface area contributed by atoms with Crippen LogP contribution in [0, 0.1) is 0 Å². The van der Waals surface area contributed by atoms with E-state index in [2.05, 4.69) is 47.8 Å². The zero-order chi connectivity index (χ0) is 10.7. The summed E-state index contributed by atoms with van der Waals surface area (Å²) in [7, 11) is 2.18. The highest BCUT2D eigenvalue weighted by Gasteiger charge is 2.19. The van der Waals surface area contributed by atoms with Crippen LogP contribution >= 0.6 is 11.8 Å². The topological polar surface area (TPSA) is 15.3 Å². The molecule has 82 valence electrons. The van der Waals surface area contributed by atoms with E-state index in [-0.39, 0.29) is 0 Å². The second-order valence-corrected chi connectivity index (χ2v) is 4.94. The Morgan fingerprint density at radius 3 is 2.87 bits per heavy atom. The first kappa shape index (κ1) is 10.8. The van der Waals surface area contributed by atoms with Gasteiger partial charge in [0.25, 0.3) is 0 Å². The van der Waals surface area contributed by atoms with Crippen molar-refractivity contribution in [2.75, 3.05) is 31.7 Å². The fraction of sp³-hybridized carbons (Fsp3) is 0.500. The van der Waals surface area contributed by atoms with E-state index >= 15 is 0 Å². The van der Waals surface area contributed by atoms with Crippen molar-refractivity contribution in [3.63, 3.8) is 0 Å². The number of nitrogens with zero attached hydrogens (tertiary/aromatic N) is 1. The van der Waals surface area contributed by atoms with E-state index < -0.39 is 0 Å². The molecule has 0 saturated carbocycles. The number of para-hydroxylation sites is 1. The second kappa shape index (κ2) is 4.90. The van der Waals surface area contributed by atoms with Crippen molar-refractivity contribution in [2.45, 2.75) is 17.4 Å². The molecule has 1 aliphatic rings. The van der Waals surface area contributed by atoms with Crippen LogP contribution in [0.3, 0.4) is 0 Å².